The average molecular weight is 634 g/mol. The fourth-order valence-corrected chi connectivity index (χ4v) is 4.79. The standard InChI is InChI=1S/C32H23BrCl2N2O3/c33-24-13-9-21(10-14-24)19-39-31-16-12-22-5-1-2-6-26(22)28(31)18-36-37-32(38)27-7-3-4-8-30(27)40-20-23-11-15-25(34)17-29(23)35/h1-18H,19-20H2,(H,37,38)/b36-18+. The number of halogens is 3. The summed E-state index contributed by atoms with van der Waals surface area (Å²) in [6.45, 7) is 0.569. The second-order valence-electron chi connectivity index (χ2n) is 8.83. The Hall–Kier alpha value is -3.84. The number of nitrogens with zero attached hydrogens (tertiary/aromatic N) is 1. The van der Waals surface area contributed by atoms with Crippen LogP contribution in [0.1, 0.15) is 27.0 Å². The summed E-state index contributed by atoms with van der Waals surface area (Å²) in [7, 11) is 0. The highest BCUT2D eigenvalue weighted by molar-refractivity contribution is 9.10. The number of benzene rings is 5. The van der Waals surface area contributed by atoms with E-state index in [1.807, 2.05) is 60.7 Å². The molecule has 5 rings (SSSR count). The fourth-order valence-electron chi connectivity index (χ4n) is 4.07. The molecule has 0 spiro atoms. The van der Waals surface area contributed by atoms with E-state index in [0.29, 0.717) is 33.7 Å². The van der Waals surface area contributed by atoms with Crippen molar-refractivity contribution in [3.05, 3.63) is 140 Å². The van der Waals surface area contributed by atoms with Crippen LogP contribution in [0.5, 0.6) is 11.5 Å². The number of para-hydroxylation sites is 1. The zero-order valence-electron chi connectivity index (χ0n) is 21.1. The summed E-state index contributed by atoms with van der Waals surface area (Å²) in [4.78, 5) is 13.1. The summed E-state index contributed by atoms with van der Waals surface area (Å²) in [5.74, 6) is 0.653. The molecule has 0 aromatic heterocycles. The van der Waals surface area contributed by atoms with Gasteiger partial charge in [0.25, 0.3) is 5.91 Å². The molecule has 0 atom stereocenters. The molecule has 0 fully saturated rings. The van der Waals surface area contributed by atoms with Gasteiger partial charge in [-0.15, -0.1) is 0 Å². The van der Waals surface area contributed by atoms with Gasteiger partial charge in [0.05, 0.1) is 11.8 Å². The van der Waals surface area contributed by atoms with E-state index in [1.54, 1.807) is 48.7 Å². The van der Waals surface area contributed by atoms with E-state index in [4.69, 9.17) is 32.7 Å². The number of rotatable bonds is 9. The fraction of sp³-hybridized carbons (Fsp3) is 0.0625. The molecule has 0 heterocycles. The first-order chi connectivity index (χ1) is 19.5. The largest absolute Gasteiger partial charge is 0.488 e. The van der Waals surface area contributed by atoms with E-state index in [0.717, 1.165) is 31.9 Å². The van der Waals surface area contributed by atoms with Gasteiger partial charge in [0.2, 0.25) is 0 Å². The molecule has 0 aliphatic rings. The van der Waals surface area contributed by atoms with Crippen LogP contribution in [0.4, 0.5) is 0 Å². The van der Waals surface area contributed by atoms with Crippen molar-refractivity contribution in [3.63, 3.8) is 0 Å². The lowest BCUT2D eigenvalue weighted by atomic mass is 10.0. The first-order valence-corrected chi connectivity index (χ1v) is 13.9. The van der Waals surface area contributed by atoms with Crippen LogP contribution in [0.3, 0.4) is 0 Å². The SMILES string of the molecule is O=C(N/N=C/c1c(OCc2ccc(Br)cc2)ccc2ccccc12)c1ccccc1OCc1ccc(Cl)cc1Cl. The minimum atomic E-state index is -0.411. The lowest BCUT2D eigenvalue weighted by molar-refractivity contribution is 0.0950. The molecule has 5 aromatic carbocycles. The van der Waals surface area contributed by atoms with Crippen molar-refractivity contribution < 1.29 is 14.3 Å². The summed E-state index contributed by atoms with van der Waals surface area (Å²) in [6, 6.07) is 31.9. The number of hydrazone groups is 1. The molecule has 0 bridgehead atoms. The molecule has 0 saturated carbocycles. The third kappa shape index (κ3) is 6.83. The number of fused-ring (bicyclic) bond motifs is 1. The average Bonchev–Trinajstić information content (AvgIpc) is 2.97. The van der Waals surface area contributed by atoms with Crippen molar-refractivity contribution in [1.82, 2.24) is 5.43 Å². The van der Waals surface area contributed by atoms with Crippen molar-refractivity contribution in [2.45, 2.75) is 13.2 Å². The Labute approximate surface area is 250 Å². The van der Waals surface area contributed by atoms with E-state index >= 15 is 0 Å². The van der Waals surface area contributed by atoms with Crippen LogP contribution in [-0.4, -0.2) is 12.1 Å². The predicted octanol–water partition coefficient (Wildman–Crippen LogP) is 8.83. The second-order valence-corrected chi connectivity index (χ2v) is 10.6. The van der Waals surface area contributed by atoms with Crippen molar-refractivity contribution in [2.24, 2.45) is 5.10 Å². The number of carbonyl (C=O) groups excluding carboxylic acids is 1. The highest BCUT2D eigenvalue weighted by Gasteiger charge is 2.13. The van der Waals surface area contributed by atoms with Crippen LogP contribution in [0.25, 0.3) is 10.8 Å². The maximum absolute atomic E-state index is 13.1. The lowest BCUT2D eigenvalue weighted by Gasteiger charge is -2.13. The molecule has 5 aromatic rings. The van der Waals surface area contributed by atoms with E-state index < -0.39 is 5.91 Å². The summed E-state index contributed by atoms with van der Waals surface area (Å²) in [5, 5.41) is 7.30. The number of ether oxygens (including phenoxy) is 2. The Kier molecular flexibility index (Phi) is 9.01. The molecule has 0 aliphatic carbocycles. The second kappa shape index (κ2) is 13.0. The first-order valence-electron chi connectivity index (χ1n) is 12.4. The van der Waals surface area contributed by atoms with Crippen molar-refractivity contribution >= 4 is 62.0 Å². The lowest BCUT2D eigenvalue weighted by Crippen LogP contribution is -2.18. The van der Waals surface area contributed by atoms with Gasteiger partial charge in [-0.05, 0) is 58.8 Å². The van der Waals surface area contributed by atoms with Gasteiger partial charge in [0, 0.05) is 25.6 Å². The first kappa shape index (κ1) is 27.7. The molecule has 8 heteroatoms. The van der Waals surface area contributed by atoms with Crippen molar-refractivity contribution in [3.8, 4) is 11.5 Å². The third-order valence-electron chi connectivity index (χ3n) is 6.13. The Bertz CT molecular complexity index is 1690. The number of nitrogens with one attached hydrogen (secondary N) is 1. The van der Waals surface area contributed by atoms with Crippen LogP contribution in [0.2, 0.25) is 10.0 Å². The van der Waals surface area contributed by atoms with Crippen LogP contribution in [-0.2, 0) is 13.2 Å². The topological polar surface area (TPSA) is 59.9 Å². The number of hydrogen-bond donors (Lipinski definition) is 1. The maximum atomic E-state index is 13.1. The normalized spacial score (nSPS) is 11.1. The molecule has 1 N–H and O–H groups in total. The quantitative estimate of drug-likeness (QED) is 0.130. The summed E-state index contributed by atoms with van der Waals surface area (Å²) < 4.78 is 13.1. The molecule has 0 unspecified atom stereocenters. The van der Waals surface area contributed by atoms with E-state index in [-0.39, 0.29) is 6.61 Å². The van der Waals surface area contributed by atoms with Gasteiger partial charge in [-0.2, -0.15) is 5.10 Å². The molecule has 1 amide bonds. The Balaban J connectivity index is 1.33. The van der Waals surface area contributed by atoms with Gasteiger partial charge in [-0.3, -0.25) is 4.79 Å². The van der Waals surface area contributed by atoms with Gasteiger partial charge in [0.1, 0.15) is 24.7 Å². The van der Waals surface area contributed by atoms with Crippen LogP contribution in [0.15, 0.2) is 113 Å². The highest BCUT2D eigenvalue weighted by atomic mass is 79.9. The Morgan fingerprint density at radius 3 is 2.40 bits per heavy atom. The van der Waals surface area contributed by atoms with E-state index in [2.05, 4.69) is 26.5 Å². The number of carbonyl (C=O) groups is 1. The van der Waals surface area contributed by atoms with Gasteiger partial charge < -0.3 is 9.47 Å². The zero-order valence-corrected chi connectivity index (χ0v) is 24.2. The van der Waals surface area contributed by atoms with Crippen molar-refractivity contribution in [2.75, 3.05) is 0 Å². The smallest absolute Gasteiger partial charge is 0.275 e. The Morgan fingerprint density at radius 1 is 0.825 bits per heavy atom. The number of hydrogen-bond acceptors (Lipinski definition) is 4. The molecule has 5 nitrogen and oxygen atoms in total. The van der Waals surface area contributed by atoms with E-state index in [1.165, 1.54) is 0 Å². The highest BCUT2D eigenvalue weighted by Crippen LogP contribution is 2.28. The van der Waals surface area contributed by atoms with Gasteiger partial charge in [0.15, 0.2) is 0 Å². The maximum Gasteiger partial charge on any atom is 0.275 e. The van der Waals surface area contributed by atoms with Crippen molar-refractivity contribution in [1.29, 1.82) is 0 Å². The van der Waals surface area contributed by atoms with Crippen LogP contribution >= 0.6 is 39.1 Å². The van der Waals surface area contributed by atoms with Crippen LogP contribution < -0.4 is 14.9 Å². The molecule has 200 valence electrons. The van der Waals surface area contributed by atoms with E-state index in [9.17, 15) is 4.79 Å². The van der Waals surface area contributed by atoms with Gasteiger partial charge in [-0.25, -0.2) is 5.43 Å². The van der Waals surface area contributed by atoms with Gasteiger partial charge in [-0.1, -0.05) is 99.8 Å². The molecule has 0 aliphatic heterocycles. The molecule has 0 radical (unpaired) electrons. The summed E-state index contributed by atoms with van der Waals surface area (Å²) >= 11 is 15.7. The summed E-state index contributed by atoms with van der Waals surface area (Å²) in [5.41, 5.74) is 5.51. The Morgan fingerprint density at radius 2 is 1.57 bits per heavy atom. The minimum absolute atomic E-state index is 0.179. The third-order valence-corrected chi connectivity index (χ3v) is 7.24. The minimum Gasteiger partial charge on any atom is -0.488 e. The predicted molar refractivity (Wildman–Crippen MR) is 165 cm³/mol. The summed E-state index contributed by atoms with van der Waals surface area (Å²) in [6.07, 6.45) is 1.61. The number of amides is 1. The molecule has 40 heavy (non-hydrogen) atoms. The molecule has 0 saturated heterocycles. The van der Waals surface area contributed by atoms with Crippen LogP contribution in [0, 0.1) is 0 Å². The monoisotopic (exact) mass is 632 g/mol. The molecular weight excluding hydrogens is 611 g/mol. The zero-order chi connectivity index (χ0) is 27.9. The molecular formula is C32H23BrCl2N2O3. The van der Waals surface area contributed by atoms with Gasteiger partial charge >= 0.3 is 0 Å².